The lowest BCUT2D eigenvalue weighted by atomic mass is 10.0. The van der Waals surface area contributed by atoms with Crippen molar-refractivity contribution in [3.8, 4) is 0 Å². The molecule has 0 saturated heterocycles. The van der Waals surface area contributed by atoms with Gasteiger partial charge in [0.15, 0.2) is 0 Å². The van der Waals surface area contributed by atoms with Gasteiger partial charge in [0.05, 0.1) is 11.4 Å². The smallest absolute Gasteiger partial charge is 0.0699 e. The van der Waals surface area contributed by atoms with Crippen LogP contribution in [0.15, 0.2) is 88.7 Å². The molecule has 0 radical (unpaired) electrons. The van der Waals surface area contributed by atoms with Crippen molar-refractivity contribution in [2.75, 3.05) is 0 Å². The van der Waals surface area contributed by atoms with Crippen molar-refractivity contribution in [3.63, 3.8) is 0 Å². The first-order chi connectivity index (χ1) is 9.53. The van der Waals surface area contributed by atoms with E-state index >= 15 is 0 Å². The Bertz CT molecular complexity index is 587. The number of nitrogens with zero attached hydrogens (tertiary/aromatic N) is 1. The van der Waals surface area contributed by atoms with Crippen LogP contribution in [0.3, 0.4) is 0 Å². The Morgan fingerprint density at radius 1 is 1.10 bits per heavy atom. The van der Waals surface area contributed by atoms with Gasteiger partial charge in [-0.15, -0.1) is 0 Å². The summed E-state index contributed by atoms with van der Waals surface area (Å²) in [6.07, 6.45) is 13.9. The van der Waals surface area contributed by atoms with Crippen LogP contribution in [-0.4, -0.2) is 5.71 Å². The summed E-state index contributed by atoms with van der Waals surface area (Å²) in [5.74, 6) is 0. The first kappa shape index (κ1) is 15.9. The Kier molecular flexibility index (Phi) is 5.92. The Balaban J connectivity index is 3.29. The molecule has 0 atom stereocenters. The molecule has 20 heavy (non-hydrogen) atoms. The predicted molar refractivity (Wildman–Crippen MR) is 90.9 cm³/mol. The molecular weight excluding hydrogens is 242 g/mol. The molecule has 1 nitrogen and oxygen atoms in total. The summed E-state index contributed by atoms with van der Waals surface area (Å²) in [5, 5.41) is 0. The highest BCUT2D eigenvalue weighted by Crippen LogP contribution is 2.20. The standard InChI is InChI=1S/C19H23N/c1-7-17(8-2)18(9-3)20-19-12-10-11-14(4)15(5)13-16(19)6/h7-13H,1,3H2,2,4-6H3/b11-10+,12-10?,14-11?,15-13?,15-14+,16-13-,17-8+,19-12+,19-16?,20-18+. The van der Waals surface area contributed by atoms with Gasteiger partial charge in [-0.05, 0) is 62.1 Å². The second-order valence-corrected chi connectivity index (χ2v) is 4.75. The van der Waals surface area contributed by atoms with Gasteiger partial charge in [-0.1, -0.05) is 43.5 Å². The maximum absolute atomic E-state index is 4.72. The molecule has 0 fully saturated rings. The van der Waals surface area contributed by atoms with Gasteiger partial charge in [0, 0.05) is 0 Å². The molecule has 0 saturated carbocycles. The summed E-state index contributed by atoms with van der Waals surface area (Å²) in [6, 6.07) is 0. The molecule has 1 aliphatic rings. The SMILES string of the molecule is C=CC(=C\C)/C(C=C)=N/C1=C/C=C/C(C)=C(C)/C=C\1C. The second kappa shape index (κ2) is 7.44. The largest absolute Gasteiger partial charge is 0.248 e. The van der Waals surface area contributed by atoms with E-state index in [4.69, 9.17) is 4.99 Å². The summed E-state index contributed by atoms with van der Waals surface area (Å²) < 4.78 is 0. The lowest BCUT2D eigenvalue weighted by Crippen LogP contribution is -1.98. The zero-order valence-electron chi connectivity index (χ0n) is 12.9. The third-order valence-electron chi connectivity index (χ3n) is 3.32. The third kappa shape index (κ3) is 3.92. The molecule has 0 unspecified atom stereocenters. The van der Waals surface area contributed by atoms with Crippen molar-refractivity contribution in [1.29, 1.82) is 0 Å². The van der Waals surface area contributed by atoms with Gasteiger partial charge in [0.25, 0.3) is 0 Å². The first-order valence-corrected chi connectivity index (χ1v) is 6.78. The van der Waals surface area contributed by atoms with Gasteiger partial charge >= 0.3 is 0 Å². The van der Waals surface area contributed by atoms with E-state index in [9.17, 15) is 0 Å². The van der Waals surface area contributed by atoms with Crippen LogP contribution in [0.1, 0.15) is 27.7 Å². The average Bonchev–Trinajstić information content (AvgIpc) is 2.44. The predicted octanol–water partition coefficient (Wildman–Crippen LogP) is 5.48. The van der Waals surface area contributed by atoms with Gasteiger partial charge < -0.3 is 0 Å². The van der Waals surface area contributed by atoms with Crippen molar-refractivity contribution < 1.29 is 0 Å². The number of rotatable bonds is 4. The maximum Gasteiger partial charge on any atom is 0.0699 e. The fourth-order valence-corrected chi connectivity index (χ4v) is 1.91. The average molecular weight is 265 g/mol. The van der Waals surface area contributed by atoms with Crippen LogP contribution in [0.5, 0.6) is 0 Å². The fraction of sp³-hybridized carbons (Fsp3) is 0.211. The van der Waals surface area contributed by atoms with E-state index in [1.54, 1.807) is 12.2 Å². The lowest BCUT2D eigenvalue weighted by molar-refractivity contribution is 1.24. The fourth-order valence-electron chi connectivity index (χ4n) is 1.91. The van der Waals surface area contributed by atoms with Crippen molar-refractivity contribution >= 4 is 5.71 Å². The molecule has 0 bridgehead atoms. The number of allylic oxidation sites excluding steroid dienone is 11. The molecule has 0 N–H and O–H groups in total. The van der Waals surface area contributed by atoms with Crippen LogP contribution in [-0.2, 0) is 0 Å². The van der Waals surface area contributed by atoms with E-state index in [1.807, 2.05) is 25.2 Å². The highest BCUT2D eigenvalue weighted by atomic mass is 14.8. The van der Waals surface area contributed by atoms with E-state index in [-0.39, 0.29) is 0 Å². The normalized spacial score (nSPS) is 27.6. The van der Waals surface area contributed by atoms with E-state index in [1.165, 1.54) is 11.1 Å². The van der Waals surface area contributed by atoms with Crippen LogP contribution < -0.4 is 0 Å². The van der Waals surface area contributed by atoms with Crippen LogP contribution in [0.25, 0.3) is 0 Å². The minimum atomic E-state index is 0.842. The van der Waals surface area contributed by atoms with Gasteiger partial charge in [-0.25, -0.2) is 4.99 Å². The minimum absolute atomic E-state index is 0.842. The summed E-state index contributed by atoms with van der Waals surface area (Å²) in [4.78, 5) is 4.72. The topological polar surface area (TPSA) is 12.4 Å². The van der Waals surface area contributed by atoms with E-state index in [0.717, 1.165) is 22.6 Å². The highest BCUT2D eigenvalue weighted by molar-refractivity contribution is 6.10. The summed E-state index contributed by atoms with van der Waals surface area (Å²) in [7, 11) is 0. The molecule has 0 aromatic rings. The number of hydrogen-bond acceptors (Lipinski definition) is 1. The lowest BCUT2D eigenvalue weighted by Gasteiger charge is -2.09. The molecule has 1 rings (SSSR count). The van der Waals surface area contributed by atoms with E-state index < -0.39 is 0 Å². The van der Waals surface area contributed by atoms with Gasteiger partial charge in [0.1, 0.15) is 0 Å². The van der Waals surface area contributed by atoms with Crippen LogP contribution >= 0.6 is 0 Å². The van der Waals surface area contributed by atoms with Crippen molar-refractivity contribution in [2.45, 2.75) is 27.7 Å². The zero-order valence-corrected chi connectivity index (χ0v) is 12.9. The highest BCUT2D eigenvalue weighted by Gasteiger charge is 2.04. The monoisotopic (exact) mass is 265 g/mol. The molecule has 0 aromatic carbocycles. The number of aliphatic imine (C=N–C) groups is 1. The quantitative estimate of drug-likeness (QED) is 0.471. The summed E-state index contributed by atoms with van der Waals surface area (Å²) in [6.45, 7) is 15.9. The molecular formula is C19H23N. The third-order valence-corrected chi connectivity index (χ3v) is 3.32. The van der Waals surface area contributed by atoms with Crippen LogP contribution in [0.4, 0.5) is 0 Å². The Hall–Kier alpha value is -2.15. The molecule has 1 heteroatoms. The molecule has 104 valence electrons. The molecule has 0 heterocycles. The van der Waals surface area contributed by atoms with Gasteiger partial charge in [0.2, 0.25) is 0 Å². The van der Waals surface area contributed by atoms with E-state index in [0.29, 0.717) is 0 Å². The van der Waals surface area contributed by atoms with Crippen molar-refractivity contribution in [1.82, 2.24) is 0 Å². The van der Waals surface area contributed by atoms with Crippen LogP contribution in [0.2, 0.25) is 0 Å². The second-order valence-electron chi connectivity index (χ2n) is 4.75. The molecule has 0 amide bonds. The zero-order chi connectivity index (χ0) is 15.1. The number of hydrogen-bond donors (Lipinski definition) is 0. The van der Waals surface area contributed by atoms with Crippen molar-refractivity contribution in [2.24, 2.45) is 4.99 Å². The Morgan fingerprint density at radius 3 is 2.35 bits per heavy atom. The maximum atomic E-state index is 4.72. The molecule has 0 aromatic heterocycles. The van der Waals surface area contributed by atoms with Crippen molar-refractivity contribution in [3.05, 3.63) is 83.7 Å². The van der Waals surface area contributed by atoms with Gasteiger partial charge in [-0.2, -0.15) is 0 Å². The van der Waals surface area contributed by atoms with Gasteiger partial charge in [-0.3, -0.25) is 0 Å². The first-order valence-electron chi connectivity index (χ1n) is 6.78. The Labute approximate surface area is 122 Å². The molecule has 0 spiro atoms. The Morgan fingerprint density at radius 2 is 1.80 bits per heavy atom. The van der Waals surface area contributed by atoms with Crippen LogP contribution in [0, 0.1) is 0 Å². The summed E-state index contributed by atoms with van der Waals surface area (Å²) >= 11 is 0. The molecule has 1 aliphatic carbocycles. The molecule has 0 aliphatic heterocycles. The summed E-state index contributed by atoms with van der Waals surface area (Å²) in [5.41, 5.74) is 6.45. The van der Waals surface area contributed by atoms with E-state index in [2.05, 4.69) is 46.1 Å². The minimum Gasteiger partial charge on any atom is -0.248 e.